The molecule has 40 heteroatoms. The summed E-state index contributed by atoms with van der Waals surface area (Å²) in [6, 6.07) is 0. The van der Waals surface area contributed by atoms with Gasteiger partial charge in [-0.1, -0.05) is 53.2 Å². The number of esters is 1. The molecular weight excluding hydrogens is 1550 g/mol. The third-order valence-electron chi connectivity index (χ3n) is 28.8. The van der Waals surface area contributed by atoms with E-state index in [0.29, 0.717) is 38.5 Å². The molecule has 5 aliphatic carbocycles. The number of aliphatic carboxylic acids is 1. The summed E-state index contributed by atoms with van der Waals surface area (Å²) in [6.07, 6.45) is -61.1. The molecule has 20 N–H and O–H groups in total. The topological polar surface area (TPSA) is 613 Å². The number of carboxylic acid groups (broad SMARTS) is 1. The van der Waals surface area contributed by atoms with E-state index in [4.69, 9.17) is 80.5 Å². The molecule has 13 rings (SSSR count). The van der Waals surface area contributed by atoms with Crippen LogP contribution in [0.15, 0.2) is 11.6 Å². The molecule has 46 atom stereocenters. The second-order valence-electron chi connectivity index (χ2n) is 36.0. The number of ether oxygens (including phenoxy) is 17. The van der Waals surface area contributed by atoms with Gasteiger partial charge in [0.1, 0.15) is 152 Å². The van der Waals surface area contributed by atoms with Crippen molar-refractivity contribution in [1.29, 1.82) is 0 Å². The molecule has 664 valence electrons. The molecular formula is C76H120O40. The Bertz CT molecular complexity index is 3400. The molecule has 0 aromatic rings. The predicted octanol–water partition coefficient (Wildman–Crippen LogP) is -6.84. The Labute approximate surface area is 668 Å². The van der Waals surface area contributed by atoms with Crippen molar-refractivity contribution >= 4 is 18.2 Å². The number of allylic oxidation sites excluding steroid dienone is 2. The third kappa shape index (κ3) is 15.8. The number of fused-ring (bicyclic) bond motifs is 7. The number of rotatable bonds is 21. The number of carboxylic acids is 1. The highest BCUT2D eigenvalue weighted by atomic mass is 16.8. The smallest absolute Gasteiger partial charge is 0.335 e. The molecule has 39 unspecified atom stereocenters. The zero-order valence-electron chi connectivity index (χ0n) is 66.0. The van der Waals surface area contributed by atoms with E-state index in [9.17, 15) is 112 Å². The van der Waals surface area contributed by atoms with Crippen molar-refractivity contribution in [3.8, 4) is 0 Å². The van der Waals surface area contributed by atoms with Crippen molar-refractivity contribution in [3.05, 3.63) is 11.6 Å². The van der Waals surface area contributed by atoms with Gasteiger partial charge in [-0.05, 0) is 117 Å². The van der Waals surface area contributed by atoms with E-state index in [2.05, 4.69) is 40.7 Å². The van der Waals surface area contributed by atoms with E-state index in [0.717, 1.165) is 11.9 Å². The van der Waals surface area contributed by atoms with Gasteiger partial charge in [0.05, 0.1) is 69.0 Å². The highest BCUT2D eigenvalue weighted by Gasteiger charge is 2.73. The summed E-state index contributed by atoms with van der Waals surface area (Å²) >= 11 is 0. The monoisotopic (exact) mass is 1670 g/mol. The van der Waals surface area contributed by atoms with Gasteiger partial charge in [-0.2, -0.15) is 0 Å². The van der Waals surface area contributed by atoms with E-state index >= 15 is 4.79 Å². The molecule has 0 aromatic carbocycles. The largest absolute Gasteiger partial charge is 0.479 e. The SMILES string of the molecule is COC1C(O)C(C)OC(OC(=O)[C@]23CCC(C)(C)CC2C2=CCC4[C@@]5(C)CC[C@H](OC6OC(C(=O)O)C(O)C(OC7OCC(O)C(O)C7O)C6OC6OC(CO)C(O)C(O)C6O)[C@@](C)(C=O)C5CC[C@@]4(C)[C@]2(C)C[C@H]3O)C1OC1OC(C)C(OC2OCCC(OC3OCC(O)C(O)C3O)C2O)C(OC2OC(CO)C(O)C(O)C2O)C1O. The molecule has 0 radical (unpaired) electrons. The number of carbonyl (C=O) groups excluding carboxylic acids is 2. The molecule has 0 aromatic heterocycles. The van der Waals surface area contributed by atoms with Crippen LogP contribution in [0, 0.1) is 50.2 Å². The Morgan fingerprint density at radius 2 is 1.01 bits per heavy atom. The number of aliphatic hydroxyl groups excluding tert-OH is 19. The van der Waals surface area contributed by atoms with Crippen LogP contribution < -0.4 is 0 Å². The molecule has 8 heterocycles. The maximum Gasteiger partial charge on any atom is 0.335 e. The second-order valence-corrected chi connectivity index (χ2v) is 36.0. The van der Waals surface area contributed by atoms with Crippen molar-refractivity contribution in [2.75, 3.05) is 40.1 Å². The van der Waals surface area contributed by atoms with Crippen LogP contribution in [-0.2, 0) is 94.9 Å². The highest BCUT2D eigenvalue weighted by Crippen LogP contribution is 2.76. The average molecular weight is 1670 g/mol. The summed E-state index contributed by atoms with van der Waals surface area (Å²) in [6.45, 7) is 12.2. The van der Waals surface area contributed by atoms with E-state index in [1.165, 1.54) is 21.0 Å². The Morgan fingerprint density at radius 3 is 1.59 bits per heavy atom. The number of aliphatic hydroxyl groups is 19. The quantitative estimate of drug-likeness (QED) is 0.0220. The summed E-state index contributed by atoms with van der Waals surface area (Å²) in [4.78, 5) is 43.6. The van der Waals surface area contributed by atoms with Crippen LogP contribution in [0.4, 0.5) is 0 Å². The molecule has 8 aliphatic heterocycles. The van der Waals surface area contributed by atoms with Gasteiger partial charge in [0.2, 0.25) is 6.29 Å². The molecule has 0 amide bonds. The minimum absolute atomic E-state index is 0.0105. The van der Waals surface area contributed by atoms with Crippen molar-refractivity contribution in [2.24, 2.45) is 50.2 Å². The van der Waals surface area contributed by atoms with Crippen LogP contribution in [0.5, 0.6) is 0 Å². The summed E-state index contributed by atoms with van der Waals surface area (Å²) < 4.78 is 104. The maximum atomic E-state index is 16.1. The van der Waals surface area contributed by atoms with Crippen LogP contribution in [-0.4, -0.2) is 394 Å². The van der Waals surface area contributed by atoms with Crippen LogP contribution >= 0.6 is 0 Å². The summed E-state index contributed by atoms with van der Waals surface area (Å²) in [5.74, 6) is -4.10. The molecule has 12 fully saturated rings. The van der Waals surface area contributed by atoms with Crippen LogP contribution in [0.1, 0.15) is 120 Å². The standard InChI is InChI=1S/C76H120O40/c1-27-40(83)55(100-9)59(114-67-53(96)57(112-65-50(93)46(89)43(86)34(22-77)107-65)54(28(2)105-67)110-62-45(88)33(14-19-101-62)106-63-48(91)41(84)31(80)24-102-63)68(104-27)116-70(99)76-18-17-71(3,4)20-30(76)29-10-11-37-72(5)15-13-39(73(6,26-79)36(72)12-16-74(37,7)75(29,8)21-38(76)82)109-69-60(115-66-51(94)47(90)44(87)35(23-78)108-66)56(52(95)58(113-69)61(97)98)111-64-49(92)42(85)32(81)25-103-64/h10,26-28,30-60,62-69,77-78,80-96H,11-25H2,1-9H3,(H,97,98)/t27?,28?,30?,31?,32?,33?,34?,35?,36?,37?,38-,39+,40?,41?,42?,43?,44?,45?,46?,47?,48?,49?,50?,51?,52?,53?,54?,55?,56?,57?,58?,59?,60?,62?,63?,64?,65?,66?,67?,68?,69?,72+,73+,74-,75-,76-/m1/s1. The van der Waals surface area contributed by atoms with Gasteiger partial charge < -0.3 is 187 Å². The number of hydrogen-bond acceptors (Lipinski definition) is 39. The minimum Gasteiger partial charge on any atom is -0.479 e. The van der Waals surface area contributed by atoms with E-state index in [1.807, 2.05) is 0 Å². The van der Waals surface area contributed by atoms with Gasteiger partial charge in [-0.15, -0.1) is 0 Å². The maximum absolute atomic E-state index is 16.1. The van der Waals surface area contributed by atoms with Gasteiger partial charge in [0, 0.05) is 7.11 Å². The molecule has 4 saturated carbocycles. The fourth-order valence-electron chi connectivity index (χ4n) is 21.7. The summed E-state index contributed by atoms with van der Waals surface area (Å²) in [7, 11) is 1.24. The van der Waals surface area contributed by atoms with Crippen molar-refractivity contribution in [1.82, 2.24) is 0 Å². The zero-order valence-corrected chi connectivity index (χ0v) is 66.0. The predicted molar refractivity (Wildman–Crippen MR) is 378 cm³/mol. The van der Waals surface area contributed by atoms with Gasteiger partial charge in [-0.3, -0.25) is 4.79 Å². The number of carbonyl (C=O) groups is 3. The molecule has 13 aliphatic rings. The van der Waals surface area contributed by atoms with E-state index < -0.39 is 316 Å². The van der Waals surface area contributed by atoms with Crippen molar-refractivity contribution in [3.63, 3.8) is 0 Å². The van der Waals surface area contributed by atoms with Crippen molar-refractivity contribution in [2.45, 2.75) is 353 Å². The number of hydrogen-bond donors (Lipinski definition) is 20. The lowest BCUT2D eigenvalue weighted by Crippen LogP contribution is -2.69. The number of aldehydes is 1. The van der Waals surface area contributed by atoms with Crippen LogP contribution in [0.3, 0.4) is 0 Å². The Balaban J connectivity index is 0.767. The van der Waals surface area contributed by atoms with Crippen LogP contribution in [0.25, 0.3) is 0 Å². The number of methoxy groups -OCH3 is 1. The van der Waals surface area contributed by atoms with Gasteiger partial charge in [-0.25, -0.2) is 4.79 Å². The molecule has 40 nitrogen and oxygen atoms in total. The molecule has 8 saturated heterocycles. The third-order valence-corrected chi connectivity index (χ3v) is 28.8. The van der Waals surface area contributed by atoms with Crippen molar-refractivity contribution < 1.29 is 197 Å². The fourth-order valence-corrected chi connectivity index (χ4v) is 21.7. The lowest BCUT2D eigenvalue weighted by Gasteiger charge is -2.71. The fraction of sp³-hybridized carbons (Fsp3) is 0.934. The minimum atomic E-state index is -2.24. The highest BCUT2D eigenvalue weighted by molar-refractivity contribution is 5.80. The summed E-state index contributed by atoms with van der Waals surface area (Å²) in [5.41, 5.74) is -4.97. The Morgan fingerprint density at radius 1 is 0.483 bits per heavy atom. The average Bonchev–Trinajstić information content (AvgIpc) is 0.669. The first kappa shape index (κ1) is 90.7. The van der Waals surface area contributed by atoms with Gasteiger partial charge >= 0.3 is 11.9 Å². The first-order valence-electron chi connectivity index (χ1n) is 40.2. The second kappa shape index (κ2) is 34.8. The first-order chi connectivity index (χ1) is 54.6. The Hall–Kier alpha value is -3.05. The van der Waals surface area contributed by atoms with E-state index in [-0.39, 0.29) is 38.2 Å². The van der Waals surface area contributed by atoms with Gasteiger partial charge in [0.15, 0.2) is 56.2 Å². The first-order valence-corrected chi connectivity index (χ1v) is 40.2. The lowest BCUT2D eigenvalue weighted by atomic mass is 9.33. The summed E-state index contributed by atoms with van der Waals surface area (Å²) in [5, 5.41) is 222. The molecule has 0 spiro atoms. The van der Waals surface area contributed by atoms with E-state index in [1.54, 1.807) is 6.92 Å². The normalized spacial score (nSPS) is 54.3. The zero-order chi connectivity index (χ0) is 84.4. The Kier molecular flexibility index (Phi) is 27.2. The molecule has 0 bridgehead atoms. The van der Waals surface area contributed by atoms with Crippen LogP contribution in [0.2, 0.25) is 0 Å². The van der Waals surface area contributed by atoms with Gasteiger partial charge in [0.25, 0.3) is 0 Å². The molecule has 116 heavy (non-hydrogen) atoms. The lowest BCUT2D eigenvalue weighted by molar-refractivity contribution is -0.395.